The van der Waals surface area contributed by atoms with Crippen molar-refractivity contribution in [3.05, 3.63) is 95.0 Å². The van der Waals surface area contributed by atoms with E-state index in [1.54, 1.807) is 32.9 Å². The lowest BCUT2D eigenvalue weighted by Crippen LogP contribution is -2.39. The van der Waals surface area contributed by atoms with E-state index >= 15 is 0 Å². The highest BCUT2D eigenvalue weighted by atomic mass is 35.5. The molecule has 0 aliphatic heterocycles. The number of hydrogen-bond donors (Lipinski definition) is 2. The summed E-state index contributed by atoms with van der Waals surface area (Å²) < 4.78 is 33.6. The van der Waals surface area contributed by atoms with E-state index in [0.717, 1.165) is 9.87 Å². The number of hydrogen-bond acceptors (Lipinski definition) is 6. The van der Waals surface area contributed by atoms with Crippen LogP contribution in [-0.2, 0) is 30.9 Å². The second-order valence-corrected chi connectivity index (χ2v) is 12.2. The van der Waals surface area contributed by atoms with Crippen molar-refractivity contribution < 1.29 is 27.5 Å². The van der Waals surface area contributed by atoms with E-state index in [1.807, 2.05) is 30.3 Å². The van der Waals surface area contributed by atoms with Gasteiger partial charge in [-0.15, -0.1) is 0 Å². The minimum Gasteiger partial charge on any atom is -0.459 e. The molecule has 0 aromatic heterocycles. The molecule has 212 valence electrons. The molecule has 0 radical (unpaired) electrons. The van der Waals surface area contributed by atoms with Gasteiger partial charge in [0.05, 0.1) is 10.6 Å². The van der Waals surface area contributed by atoms with Gasteiger partial charge < -0.3 is 15.4 Å². The molecule has 0 spiro atoms. The van der Waals surface area contributed by atoms with Crippen molar-refractivity contribution in [2.45, 2.75) is 44.2 Å². The smallest absolute Gasteiger partial charge is 0.327 e. The number of nitrogens with zero attached hydrogens (tertiary/aromatic N) is 1. The van der Waals surface area contributed by atoms with Gasteiger partial charge in [-0.25, -0.2) is 8.42 Å². The number of sulfonamides is 1. The number of benzene rings is 3. The topological polar surface area (TPSA) is 122 Å². The Morgan fingerprint density at radius 2 is 1.60 bits per heavy atom. The molecule has 0 fully saturated rings. The third kappa shape index (κ3) is 9.10. The van der Waals surface area contributed by atoms with Crippen LogP contribution in [0.1, 0.15) is 43.1 Å². The van der Waals surface area contributed by atoms with Crippen LogP contribution < -0.4 is 14.9 Å². The van der Waals surface area contributed by atoms with Crippen LogP contribution >= 0.6 is 11.6 Å². The van der Waals surface area contributed by atoms with Crippen LogP contribution in [0.4, 0.5) is 5.69 Å². The number of esters is 1. The molecule has 0 heterocycles. The fraction of sp³-hybridized carbons (Fsp3) is 0.276. The van der Waals surface area contributed by atoms with Gasteiger partial charge in [0.1, 0.15) is 12.1 Å². The largest absolute Gasteiger partial charge is 0.459 e. The number of amides is 2. The molecule has 11 heteroatoms. The van der Waals surface area contributed by atoms with Crippen LogP contribution in [0.15, 0.2) is 83.8 Å². The highest BCUT2D eigenvalue weighted by Crippen LogP contribution is 2.27. The Balaban J connectivity index is 1.71. The number of carbonyl (C=O) groups excluding carboxylic acids is 3. The first-order valence-electron chi connectivity index (χ1n) is 12.5. The SMILES string of the molecule is CC(C)(C)OC(=O)CN(c1cccc(Cl)c1)S(=O)(=O)c1cccc(C(=O)NCCC(=O)NCc2ccccc2)c1. The molecular formula is C29H32ClN3O6S. The first-order chi connectivity index (χ1) is 18.8. The molecule has 0 saturated carbocycles. The van der Waals surface area contributed by atoms with E-state index < -0.39 is 34.0 Å². The fourth-order valence-corrected chi connectivity index (χ4v) is 5.27. The Bertz CT molecular complexity index is 1460. The molecule has 40 heavy (non-hydrogen) atoms. The molecule has 0 aliphatic rings. The Kier molecular flexibility index (Phi) is 10.3. The summed E-state index contributed by atoms with van der Waals surface area (Å²) in [5.41, 5.74) is 0.373. The van der Waals surface area contributed by atoms with Gasteiger partial charge in [0.25, 0.3) is 15.9 Å². The van der Waals surface area contributed by atoms with Crippen LogP contribution in [0.3, 0.4) is 0 Å². The second-order valence-electron chi connectivity index (χ2n) is 9.87. The maximum atomic E-state index is 13.7. The number of anilines is 1. The van der Waals surface area contributed by atoms with Gasteiger partial charge in [0, 0.05) is 30.1 Å². The average molecular weight is 586 g/mol. The number of rotatable bonds is 11. The highest BCUT2D eigenvalue weighted by molar-refractivity contribution is 7.92. The molecule has 2 N–H and O–H groups in total. The van der Waals surface area contributed by atoms with E-state index in [2.05, 4.69) is 10.6 Å². The lowest BCUT2D eigenvalue weighted by Gasteiger charge is -2.26. The number of ether oxygens (including phenoxy) is 1. The number of carbonyl (C=O) groups is 3. The molecule has 0 unspecified atom stereocenters. The fourth-order valence-electron chi connectivity index (χ4n) is 3.64. The first-order valence-corrected chi connectivity index (χ1v) is 14.4. The van der Waals surface area contributed by atoms with Crippen molar-refractivity contribution in [3.8, 4) is 0 Å². The summed E-state index contributed by atoms with van der Waals surface area (Å²) in [5, 5.41) is 5.69. The minimum absolute atomic E-state index is 0.0506. The van der Waals surface area contributed by atoms with E-state index in [-0.39, 0.29) is 40.0 Å². The third-order valence-corrected chi connectivity index (χ3v) is 7.45. The van der Waals surface area contributed by atoms with Crippen LogP contribution in [0.2, 0.25) is 5.02 Å². The number of halogens is 1. The molecule has 3 rings (SSSR count). The molecule has 0 aliphatic carbocycles. The predicted octanol–water partition coefficient (Wildman–Crippen LogP) is 4.31. The van der Waals surface area contributed by atoms with Gasteiger partial charge in [-0.05, 0) is 62.7 Å². The van der Waals surface area contributed by atoms with Crippen molar-refractivity contribution in [2.24, 2.45) is 0 Å². The van der Waals surface area contributed by atoms with Gasteiger partial charge in [0.2, 0.25) is 5.91 Å². The van der Waals surface area contributed by atoms with Crippen molar-refractivity contribution in [1.29, 1.82) is 0 Å². The van der Waals surface area contributed by atoms with Crippen LogP contribution in [-0.4, -0.2) is 44.9 Å². The molecule has 2 amide bonds. The van der Waals surface area contributed by atoms with Crippen molar-refractivity contribution >= 4 is 45.1 Å². The van der Waals surface area contributed by atoms with E-state index in [4.69, 9.17) is 16.3 Å². The van der Waals surface area contributed by atoms with E-state index in [9.17, 15) is 22.8 Å². The quantitative estimate of drug-likeness (QED) is 0.323. The van der Waals surface area contributed by atoms with Gasteiger partial charge in [-0.1, -0.05) is 54.1 Å². The lowest BCUT2D eigenvalue weighted by molar-refractivity contribution is -0.152. The Labute approximate surface area is 239 Å². The molecular weight excluding hydrogens is 554 g/mol. The van der Waals surface area contributed by atoms with Gasteiger partial charge in [-0.2, -0.15) is 0 Å². The molecule has 3 aromatic carbocycles. The zero-order valence-electron chi connectivity index (χ0n) is 22.5. The predicted molar refractivity (Wildman–Crippen MR) is 154 cm³/mol. The van der Waals surface area contributed by atoms with Crippen LogP contribution in [0, 0.1) is 0 Å². The normalized spacial score (nSPS) is 11.4. The van der Waals surface area contributed by atoms with E-state index in [0.29, 0.717) is 6.54 Å². The maximum absolute atomic E-state index is 13.7. The average Bonchev–Trinajstić information content (AvgIpc) is 2.90. The van der Waals surface area contributed by atoms with Gasteiger partial charge >= 0.3 is 5.97 Å². The third-order valence-electron chi connectivity index (χ3n) is 5.44. The monoisotopic (exact) mass is 585 g/mol. The Morgan fingerprint density at radius 3 is 2.27 bits per heavy atom. The van der Waals surface area contributed by atoms with Crippen LogP contribution in [0.25, 0.3) is 0 Å². The zero-order chi connectivity index (χ0) is 29.3. The van der Waals surface area contributed by atoms with Crippen molar-refractivity contribution in [3.63, 3.8) is 0 Å². The summed E-state index contributed by atoms with van der Waals surface area (Å²) in [4.78, 5) is 37.3. The van der Waals surface area contributed by atoms with Crippen LogP contribution in [0.5, 0.6) is 0 Å². The minimum atomic E-state index is -4.32. The zero-order valence-corrected chi connectivity index (χ0v) is 24.1. The first kappa shape index (κ1) is 30.6. The second kappa shape index (κ2) is 13.5. The standard InChI is InChI=1S/C29H32ClN3O6S/c1-29(2,3)39-27(35)20-33(24-13-8-12-23(30)18-24)40(37,38)25-14-7-11-22(17-25)28(36)31-16-15-26(34)32-19-21-9-5-4-6-10-21/h4-14,17-18H,15-16,19-20H2,1-3H3,(H,31,36)(H,32,34). The maximum Gasteiger partial charge on any atom is 0.327 e. The van der Waals surface area contributed by atoms with Gasteiger partial charge in [0.15, 0.2) is 0 Å². The Morgan fingerprint density at radius 1 is 0.900 bits per heavy atom. The van der Waals surface area contributed by atoms with Crippen molar-refractivity contribution in [1.82, 2.24) is 10.6 Å². The van der Waals surface area contributed by atoms with Gasteiger partial charge in [-0.3, -0.25) is 18.7 Å². The Hall–Kier alpha value is -3.89. The number of nitrogens with one attached hydrogen (secondary N) is 2. The summed E-state index contributed by atoms with van der Waals surface area (Å²) >= 11 is 6.10. The highest BCUT2D eigenvalue weighted by Gasteiger charge is 2.30. The summed E-state index contributed by atoms with van der Waals surface area (Å²) in [7, 11) is -4.32. The molecule has 9 nitrogen and oxygen atoms in total. The summed E-state index contributed by atoms with van der Waals surface area (Å²) in [6.45, 7) is 4.87. The summed E-state index contributed by atoms with van der Waals surface area (Å²) in [5.74, 6) is -1.54. The lowest BCUT2D eigenvalue weighted by atomic mass is 10.2. The van der Waals surface area contributed by atoms with E-state index in [1.165, 1.54) is 36.4 Å². The summed E-state index contributed by atoms with van der Waals surface area (Å²) in [6, 6.07) is 20.9. The van der Waals surface area contributed by atoms with Crippen molar-refractivity contribution in [2.75, 3.05) is 17.4 Å². The summed E-state index contributed by atoms with van der Waals surface area (Å²) in [6.07, 6.45) is 0.0506. The molecule has 0 atom stereocenters. The molecule has 0 saturated heterocycles. The molecule has 0 bridgehead atoms. The molecule has 3 aromatic rings.